The molecular formula is C24H22Cl2N6O. The molecule has 0 spiro atoms. The molecule has 0 atom stereocenters. The molecule has 0 saturated carbocycles. The highest BCUT2D eigenvalue weighted by Gasteiger charge is 2.15. The largest absolute Gasteiger partial charge is 0.492 e. The Morgan fingerprint density at radius 1 is 1.03 bits per heavy atom. The average molecular weight is 481 g/mol. The molecule has 1 aliphatic heterocycles. The van der Waals surface area contributed by atoms with Crippen molar-refractivity contribution in [1.82, 2.24) is 20.5 Å². The SMILES string of the molecule is Oc1nncc2cc(Cc3c(Cl)cccc3Cl)nc(Nc3ccc(N4CCNCC4)cc3)c12. The zero-order valence-electron chi connectivity index (χ0n) is 17.7. The van der Waals surface area contributed by atoms with Gasteiger partial charge in [0.15, 0.2) is 0 Å². The Labute approximate surface area is 201 Å². The fraction of sp³-hybridized carbons (Fsp3) is 0.208. The van der Waals surface area contributed by atoms with Crippen LogP contribution < -0.4 is 15.5 Å². The molecule has 0 amide bonds. The van der Waals surface area contributed by atoms with Gasteiger partial charge in [0.2, 0.25) is 5.88 Å². The molecule has 33 heavy (non-hydrogen) atoms. The maximum absolute atomic E-state index is 10.4. The third kappa shape index (κ3) is 4.66. The van der Waals surface area contributed by atoms with Crippen LogP contribution in [0, 0.1) is 0 Å². The van der Waals surface area contributed by atoms with E-state index in [2.05, 4.69) is 37.9 Å². The Balaban J connectivity index is 1.49. The van der Waals surface area contributed by atoms with E-state index in [0.29, 0.717) is 27.7 Å². The lowest BCUT2D eigenvalue weighted by atomic mass is 10.1. The van der Waals surface area contributed by atoms with E-state index in [9.17, 15) is 5.11 Å². The van der Waals surface area contributed by atoms with Gasteiger partial charge in [-0.05, 0) is 48.0 Å². The normalized spacial score (nSPS) is 13.9. The van der Waals surface area contributed by atoms with Crippen LogP contribution in [0.1, 0.15) is 11.3 Å². The molecule has 1 fully saturated rings. The molecule has 7 nitrogen and oxygen atoms in total. The van der Waals surface area contributed by atoms with E-state index >= 15 is 0 Å². The van der Waals surface area contributed by atoms with Gasteiger partial charge in [0, 0.05) is 65.1 Å². The number of hydrogen-bond donors (Lipinski definition) is 3. The molecule has 4 aromatic rings. The zero-order chi connectivity index (χ0) is 22.8. The molecule has 5 rings (SSSR count). The summed E-state index contributed by atoms with van der Waals surface area (Å²) in [4.78, 5) is 7.12. The molecule has 1 aliphatic rings. The van der Waals surface area contributed by atoms with Crippen molar-refractivity contribution in [2.24, 2.45) is 0 Å². The monoisotopic (exact) mass is 480 g/mol. The highest BCUT2D eigenvalue weighted by atomic mass is 35.5. The minimum atomic E-state index is -0.178. The van der Waals surface area contributed by atoms with Crippen molar-refractivity contribution < 1.29 is 5.11 Å². The summed E-state index contributed by atoms with van der Waals surface area (Å²) in [5.74, 6) is 0.315. The van der Waals surface area contributed by atoms with Gasteiger partial charge in [0.25, 0.3) is 0 Å². The second-order valence-corrected chi connectivity index (χ2v) is 8.69. The second kappa shape index (κ2) is 9.39. The van der Waals surface area contributed by atoms with Gasteiger partial charge in [-0.15, -0.1) is 5.10 Å². The highest BCUT2D eigenvalue weighted by molar-refractivity contribution is 6.36. The van der Waals surface area contributed by atoms with Crippen LogP contribution in [0.5, 0.6) is 5.88 Å². The van der Waals surface area contributed by atoms with Gasteiger partial charge in [-0.3, -0.25) is 0 Å². The molecular weight excluding hydrogens is 459 g/mol. The minimum Gasteiger partial charge on any atom is -0.492 e. The van der Waals surface area contributed by atoms with Gasteiger partial charge in [-0.25, -0.2) is 4.98 Å². The van der Waals surface area contributed by atoms with Crippen LogP contribution in [-0.4, -0.2) is 46.5 Å². The second-order valence-electron chi connectivity index (χ2n) is 7.88. The average Bonchev–Trinajstić information content (AvgIpc) is 2.82. The lowest BCUT2D eigenvalue weighted by molar-refractivity contribution is 0.452. The minimum absolute atomic E-state index is 0.178. The van der Waals surface area contributed by atoms with Crippen LogP contribution in [0.25, 0.3) is 10.8 Å². The van der Waals surface area contributed by atoms with E-state index in [1.165, 1.54) is 5.69 Å². The van der Waals surface area contributed by atoms with E-state index in [4.69, 9.17) is 28.2 Å². The quantitative estimate of drug-likeness (QED) is 0.378. The third-order valence-electron chi connectivity index (χ3n) is 5.71. The number of rotatable bonds is 5. The van der Waals surface area contributed by atoms with E-state index in [0.717, 1.165) is 48.5 Å². The lowest BCUT2D eigenvalue weighted by Crippen LogP contribution is -2.43. The molecule has 0 unspecified atom stereocenters. The summed E-state index contributed by atoms with van der Waals surface area (Å²) in [7, 11) is 0. The number of nitrogens with zero attached hydrogens (tertiary/aromatic N) is 4. The molecule has 2 aromatic carbocycles. The number of pyridine rings is 1. The molecule has 3 N–H and O–H groups in total. The van der Waals surface area contributed by atoms with Gasteiger partial charge in [-0.1, -0.05) is 29.3 Å². The number of benzene rings is 2. The lowest BCUT2D eigenvalue weighted by Gasteiger charge is -2.29. The fourth-order valence-electron chi connectivity index (χ4n) is 4.03. The molecule has 3 heterocycles. The highest BCUT2D eigenvalue weighted by Crippen LogP contribution is 2.33. The number of nitrogens with one attached hydrogen (secondary N) is 2. The van der Waals surface area contributed by atoms with Gasteiger partial charge in [0.1, 0.15) is 5.82 Å². The van der Waals surface area contributed by atoms with E-state index in [-0.39, 0.29) is 5.88 Å². The predicted molar refractivity (Wildman–Crippen MR) is 133 cm³/mol. The Bertz CT molecular complexity index is 1270. The topological polar surface area (TPSA) is 86.2 Å². The molecule has 0 radical (unpaired) electrons. The first kappa shape index (κ1) is 21.7. The van der Waals surface area contributed by atoms with Crippen molar-refractivity contribution in [3.8, 4) is 5.88 Å². The summed E-state index contributed by atoms with van der Waals surface area (Å²) >= 11 is 12.7. The van der Waals surface area contributed by atoms with Crippen LogP contribution in [0.3, 0.4) is 0 Å². The Hall–Kier alpha value is -3.13. The van der Waals surface area contributed by atoms with Crippen LogP contribution in [0.2, 0.25) is 10.0 Å². The van der Waals surface area contributed by atoms with E-state index in [1.54, 1.807) is 18.3 Å². The Morgan fingerprint density at radius 2 is 1.76 bits per heavy atom. The van der Waals surface area contributed by atoms with Crippen LogP contribution >= 0.6 is 23.2 Å². The standard InChI is InChI=1S/C24H22Cl2N6O/c25-20-2-1-3-21(26)19(20)13-17-12-15-14-28-31-24(33)22(15)23(30-17)29-16-4-6-18(7-5-16)32-10-8-27-9-11-32/h1-7,12,14,27H,8-11,13H2,(H,29,30)(H,31,33). The van der Waals surface area contributed by atoms with Crippen LogP contribution in [-0.2, 0) is 6.42 Å². The van der Waals surface area contributed by atoms with Crippen molar-refractivity contribution in [1.29, 1.82) is 0 Å². The maximum Gasteiger partial charge on any atom is 0.242 e. The molecule has 0 bridgehead atoms. The van der Waals surface area contributed by atoms with Gasteiger partial charge in [-0.2, -0.15) is 5.10 Å². The third-order valence-corrected chi connectivity index (χ3v) is 6.42. The number of hydrogen-bond acceptors (Lipinski definition) is 7. The summed E-state index contributed by atoms with van der Waals surface area (Å²) in [5, 5.41) is 27.2. The number of anilines is 3. The van der Waals surface area contributed by atoms with Crippen molar-refractivity contribution in [3.05, 3.63) is 76.0 Å². The summed E-state index contributed by atoms with van der Waals surface area (Å²) in [6.45, 7) is 3.94. The van der Waals surface area contributed by atoms with Crippen molar-refractivity contribution in [2.75, 3.05) is 36.4 Å². The predicted octanol–water partition coefficient (Wildman–Crippen LogP) is 4.78. The number of piperazine rings is 1. The van der Waals surface area contributed by atoms with Crippen LogP contribution in [0.4, 0.5) is 17.2 Å². The van der Waals surface area contributed by atoms with Crippen molar-refractivity contribution in [2.45, 2.75) is 6.42 Å². The van der Waals surface area contributed by atoms with Crippen molar-refractivity contribution in [3.63, 3.8) is 0 Å². The fourth-order valence-corrected chi connectivity index (χ4v) is 4.56. The molecule has 9 heteroatoms. The van der Waals surface area contributed by atoms with Gasteiger partial charge >= 0.3 is 0 Å². The first-order valence-electron chi connectivity index (χ1n) is 10.7. The Morgan fingerprint density at radius 3 is 2.48 bits per heavy atom. The zero-order valence-corrected chi connectivity index (χ0v) is 19.2. The summed E-state index contributed by atoms with van der Waals surface area (Å²) in [6.07, 6.45) is 2.04. The van der Waals surface area contributed by atoms with E-state index < -0.39 is 0 Å². The molecule has 2 aromatic heterocycles. The first-order chi connectivity index (χ1) is 16.1. The summed E-state index contributed by atoms with van der Waals surface area (Å²) < 4.78 is 0. The Kier molecular flexibility index (Phi) is 6.17. The number of fused-ring (bicyclic) bond motifs is 1. The number of halogens is 2. The van der Waals surface area contributed by atoms with Crippen molar-refractivity contribution >= 4 is 51.2 Å². The summed E-state index contributed by atoms with van der Waals surface area (Å²) in [6, 6.07) is 15.5. The summed E-state index contributed by atoms with van der Waals surface area (Å²) in [5.41, 5.74) is 3.57. The van der Waals surface area contributed by atoms with Gasteiger partial charge < -0.3 is 20.6 Å². The maximum atomic E-state index is 10.4. The smallest absolute Gasteiger partial charge is 0.242 e. The van der Waals surface area contributed by atoms with Gasteiger partial charge in [0.05, 0.1) is 11.6 Å². The number of aromatic hydroxyl groups is 1. The first-order valence-corrected chi connectivity index (χ1v) is 11.4. The molecule has 0 aliphatic carbocycles. The molecule has 1 saturated heterocycles. The van der Waals surface area contributed by atoms with Crippen LogP contribution in [0.15, 0.2) is 54.7 Å². The van der Waals surface area contributed by atoms with E-state index in [1.807, 2.05) is 24.3 Å². The molecule has 168 valence electrons. The number of aromatic nitrogens is 3.